The molecule has 0 radical (unpaired) electrons. The summed E-state index contributed by atoms with van der Waals surface area (Å²) in [5.41, 5.74) is 11.4. The predicted octanol–water partition coefficient (Wildman–Crippen LogP) is 0.870. The average Bonchev–Trinajstić information content (AvgIpc) is 2.41. The van der Waals surface area contributed by atoms with Crippen molar-refractivity contribution in [1.29, 1.82) is 0 Å². The largest absolute Gasteiger partial charge is 0.370 e. The van der Waals surface area contributed by atoms with E-state index in [1.54, 1.807) is 6.08 Å². The molecule has 0 aliphatic rings. The molecule has 1 rings (SSSR count). The molecule has 19 heavy (non-hydrogen) atoms. The third-order valence-corrected chi connectivity index (χ3v) is 2.41. The number of rotatable bonds is 7. The lowest BCUT2D eigenvalue weighted by Gasteiger charge is -2.01. The van der Waals surface area contributed by atoms with E-state index in [-0.39, 0.29) is 11.9 Å². The van der Waals surface area contributed by atoms with Crippen molar-refractivity contribution in [1.82, 2.24) is 5.32 Å². The summed E-state index contributed by atoms with van der Waals surface area (Å²) >= 11 is 0. The summed E-state index contributed by atoms with van der Waals surface area (Å²) in [6, 6.07) is 9.69. The molecule has 0 saturated heterocycles. The Labute approximate surface area is 113 Å². The van der Waals surface area contributed by atoms with E-state index in [1.807, 2.05) is 30.3 Å². The van der Waals surface area contributed by atoms with Gasteiger partial charge >= 0.3 is 0 Å². The number of nitrogens with one attached hydrogen (secondary N) is 1. The van der Waals surface area contributed by atoms with Crippen molar-refractivity contribution in [3.63, 3.8) is 0 Å². The van der Waals surface area contributed by atoms with E-state index < -0.39 is 0 Å². The number of aliphatic imine (C=N–C) groups is 1. The molecule has 0 spiro atoms. The van der Waals surface area contributed by atoms with Gasteiger partial charge in [0.25, 0.3) is 0 Å². The van der Waals surface area contributed by atoms with Gasteiger partial charge in [-0.1, -0.05) is 30.3 Å². The molecular weight excluding hydrogens is 240 g/mol. The third-order valence-electron chi connectivity index (χ3n) is 2.41. The van der Waals surface area contributed by atoms with E-state index in [1.165, 1.54) is 6.08 Å². The van der Waals surface area contributed by atoms with Gasteiger partial charge in [0.05, 0.1) is 0 Å². The Balaban J connectivity index is 2.15. The van der Waals surface area contributed by atoms with E-state index >= 15 is 0 Å². The summed E-state index contributed by atoms with van der Waals surface area (Å²) in [6.07, 6.45) is 5.02. The number of nitrogens with zero attached hydrogens (tertiary/aromatic N) is 1. The van der Waals surface area contributed by atoms with Gasteiger partial charge in [0.15, 0.2) is 5.96 Å². The first-order chi connectivity index (χ1) is 9.18. The first-order valence-electron chi connectivity index (χ1n) is 6.25. The zero-order chi connectivity index (χ0) is 13.9. The highest BCUT2D eigenvalue weighted by Crippen LogP contribution is 2.00. The Morgan fingerprint density at radius 3 is 2.63 bits per heavy atom. The highest BCUT2D eigenvalue weighted by atomic mass is 16.1. The van der Waals surface area contributed by atoms with E-state index in [2.05, 4.69) is 10.3 Å². The number of hydrogen-bond acceptors (Lipinski definition) is 2. The SMILES string of the molecule is NC(N)=NCCCCNC(=O)C=Cc1ccccc1. The van der Waals surface area contributed by atoms with Gasteiger partial charge in [0.2, 0.25) is 5.91 Å². The van der Waals surface area contributed by atoms with Crippen LogP contribution in [0.15, 0.2) is 41.4 Å². The number of nitrogens with two attached hydrogens (primary N) is 2. The van der Waals surface area contributed by atoms with Crippen molar-refractivity contribution in [2.24, 2.45) is 16.5 Å². The van der Waals surface area contributed by atoms with Crippen molar-refractivity contribution in [3.05, 3.63) is 42.0 Å². The summed E-state index contributed by atoms with van der Waals surface area (Å²) in [4.78, 5) is 15.4. The van der Waals surface area contributed by atoms with Gasteiger partial charge in [0.1, 0.15) is 0 Å². The zero-order valence-electron chi connectivity index (χ0n) is 10.9. The molecule has 5 N–H and O–H groups in total. The Hall–Kier alpha value is -2.30. The van der Waals surface area contributed by atoms with Gasteiger partial charge in [-0.3, -0.25) is 9.79 Å². The lowest BCUT2D eigenvalue weighted by Crippen LogP contribution is -2.24. The number of amides is 1. The van der Waals surface area contributed by atoms with Gasteiger partial charge in [0, 0.05) is 19.2 Å². The van der Waals surface area contributed by atoms with Crippen LogP contribution in [0.1, 0.15) is 18.4 Å². The molecule has 0 fully saturated rings. The molecule has 1 aromatic rings. The molecule has 0 aromatic heterocycles. The molecule has 1 aromatic carbocycles. The quantitative estimate of drug-likeness (QED) is 0.294. The van der Waals surface area contributed by atoms with E-state index in [0.29, 0.717) is 13.1 Å². The number of hydrogen-bond donors (Lipinski definition) is 3. The molecule has 0 unspecified atom stereocenters. The normalized spacial score (nSPS) is 10.3. The van der Waals surface area contributed by atoms with Crippen molar-refractivity contribution in [2.45, 2.75) is 12.8 Å². The van der Waals surface area contributed by atoms with Crippen LogP contribution in [0.4, 0.5) is 0 Å². The molecule has 102 valence electrons. The minimum atomic E-state index is -0.0920. The molecule has 0 atom stereocenters. The van der Waals surface area contributed by atoms with Crippen LogP contribution in [0.2, 0.25) is 0 Å². The number of unbranched alkanes of at least 4 members (excludes halogenated alkanes) is 1. The second-order valence-electron chi connectivity index (χ2n) is 4.05. The molecule has 5 heteroatoms. The van der Waals surface area contributed by atoms with Gasteiger partial charge in [-0.15, -0.1) is 0 Å². The zero-order valence-corrected chi connectivity index (χ0v) is 10.9. The van der Waals surface area contributed by atoms with Crippen molar-refractivity contribution in [2.75, 3.05) is 13.1 Å². The van der Waals surface area contributed by atoms with Gasteiger partial charge in [-0.25, -0.2) is 0 Å². The van der Waals surface area contributed by atoms with E-state index in [4.69, 9.17) is 11.5 Å². The number of benzene rings is 1. The van der Waals surface area contributed by atoms with Crippen LogP contribution in [-0.2, 0) is 4.79 Å². The fraction of sp³-hybridized carbons (Fsp3) is 0.286. The second kappa shape index (κ2) is 8.74. The van der Waals surface area contributed by atoms with Crippen molar-refractivity contribution in [3.8, 4) is 0 Å². The topological polar surface area (TPSA) is 93.5 Å². The van der Waals surface area contributed by atoms with Crippen LogP contribution in [0.25, 0.3) is 6.08 Å². The maximum Gasteiger partial charge on any atom is 0.243 e. The molecule has 0 saturated carbocycles. The van der Waals surface area contributed by atoms with Crippen molar-refractivity contribution >= 4 is 17.9 Å². The molecule has 5 nitrogen and oxygen atoms in total. The molecular formula is C14H20N4O. The monoisotopic (exact) mass is 260 g/mol. The molecule has 0 aliphatic carbocycles. The highest BCUT2D eigenvalue weighted by molar-refractivity contribution is 5.91. The summed E-state index contributed by atoms with van der Waals surface area (Å²) < 4.78 is 0. The Kier molecular flexibility index (Phi) is 6.79. The Morgan fingerprint density at radius 2 is 1.95 bits per heavy atom. The standard InChI is InChI=1S/C14H20N4O/c15-14(16)18-11-5-4-10-17-13(19)9-8-12-6-2-1-3-7-12/h1-3,6-9H,4-5,10-11H2,(H,17,19)(H4,15,16,18). The first-order valence-corrected chi connectivity index (χ1v) is 6.25. The maximum absolute atomic E-state index is 11.5. The van der Waals surface area contributed by atoms with Crippen molar-refractivity contribution < 1.29 is 4.79 Å². The van der Waals surface area contributed by atoms with E-state index in [9.17, 15) is 4.79 Å². The van der Waals surface area contributed by atoms with Crippen LogP contribution in [-0.4, -0.2) is 25.0 Å². The minimum absolute atomic E-state index is 0.0920. The van der Waals surface area contributed by atoms with Crippen LogP contribution in [0.5, 0.6) is 0 Å². The number of carbonyl (C=O) groups excluding carboxylic acids is 1. The van der Waals surface area contributed by atoms with Gasteiger partial charge in [-0.2, -0.15) is 0 Å². The molecule has 0 bridgehead atoms. The smallest absolute Gasteiger partial charge is 0.243 e. The molecule has 0 heterocycles. The number of carbonyl (C=O) groups is 1. The van der Waals surface area contributed by atoms with Crippen LogP contribution in [0, 0.1) is 0 Å². The third kappa shape index (κ3) is 7.59. The first kappa shape index (κ1) is 14.8. The predicted molar refractivity (Wildman–Crippen MR) is 78.4 cm³/mol. The summed E-state index contributed by atoms with van der Waals surface area (Å²) in [5, 5.41) is 2.80. The second-order valence-corrected chi connectivity index (χ2v) is 4.05. The lowest BCUT2D eigenvalue weighted by molar-refractivity contribution is -0.116. The number of guanidine groups is 1. The summed E-state index contributed by atoms with van der Waals surface area (Å²) in [7, 11) is 0. The average molecular weight is 260 g/mol. The van der Waals surface area contributed by atoms with Crippen LogP contribution >= 0.6 is 0 Å². The van der Waals surface area contributed by atoms with E-state index in [0.717, 1.165) is 18.4 Å². The van der Waals surface area contributed by atoms with Crippen LogP contribution < -0.4 is 16.8 Å². The van der Waals surface area contributed by atoms with Crippen LogP contribution in [0.3, 0.4) is 0 Å². The highest BCUT2D eigenvalue weighted by Gasteiger charge is 1.94. The van der Waals surface area contributed by atoms with Gasteiger partial charge < -0.3 is 16.8 Å². The lowest BCUT2D eigenvalue weighted by atomic mass is 10.2. The molecule has 1 amide bonds. The molecule has 0 aliphatic heterocycles. The fourth-order valence-electron chi connectivity index (χ4n) is 1.45. The minimum Gasteiger partial charge on any atom is -0.370 e. The summed E-state index contributed by atoms with van der Waals surface area (Å²) in [6.45, 7) is 1.22. The Bertz CT molecular complexity index is 436. The maximum atomic E-state index is 11.5. The fourth-order valence-corrected chi connectivity index (χ4v) is 1.45. The van der Waals surface area contributed by atoms with Gasteiger partial charge in [-0.05, 0) is 24.5 Å². The summed E-state index contributed by atoms with van der Waals surface area (Å²) in [5.74, 6) is 0.0144. The Morgan fingerprint density at radius 1 is 1.21 bits per heavy atom.